The van der Waals surface area contributed by atoms with E-state index >= 15 is 0 Å². The maximum atomic E-state index is 5.24. The molecular weight excluding hydrogens is 320 g/mol. The summed E-state index contributed by atoms with van der Waals surface area (Å²) in [7, 11) is 1.65. The molecule has 0 radical (unpaired) electrons. The number of fused-ring (bicyclic) bond motifs is 1. The first-order valence-electron chi connectivity index (χ1n) is 7.50. The fourth-order valence-electron chi connectivity index (χ4n) is 2.37. The minimum absolute atomic E-state index is 0.716. The van der Waals surface area contributed by atoms with Crippen LogP contribution in [0.1, 0.15) is 6.92 Å². The molecule has 0 atom stereocenters. The number of hydrogen-bond acceptors (Lipinski definition) is 6. The van der Waals surface area contributed by atoms with Crippen LogP contribution in [0.25, 0.3) is 10.9 Å². The predicted molar refractivity (Wildman–Crippen MR) is 101 cm³/mol. The van der Waals surface area contributed by atoms with Gasteiger partial charge in [0.25, 0.3) is 0 Å². The Bertz CT molecular complexity index is 865. The minimum Gasteiger partial charge on any atom is -0.497 e. The standard InChI is InChI=1S/C18H18N4OS/c1-4-19-22(13-9-11-14(23-2)12-10-13)17-15-7-5-6-8-16(15)20-18(21-17)24-3/h4-12H,1-3H3. The molecule has 0 bridgehead atoms. The summed E-state index contributed by atoms with van der Waals surface area (Å²) in [4.78, 5) is 9.26. The largest absolute Gasteiger partial charge is 0.497 e. The molecule has 2 aromatic carbocycles. The molecule has 122 valence electrons. The van der Waals surface area contributed by atoms with E-state index in [9.17, 15) is 0 Å². The summed E-state index contributed by atoms with van der Waals surface area (Å²) in [5.74, 6) is 1.56. The highest BCUT2D eigenvalue weighted by molar-refractivity contribution is 7.98. The molecule has 0 unspecified atom stereocenters. The topological polar surface area (TPSA) is 50.6 Å². The molecule has 5 nitrogen and oxygen atoms in total. The van der Waals surface area contributed by atoms with Crippen molar-refractivity contribution >= 4 is 40.4 Å². The molecule has 6 heteroatoms. The molecule has 1 aromatic heterocycles. The van der Waals surface area contributed by atoms with Crippen molar-refractivity contribution in [3.8, 4) is 5.75 Å². The molecule has 0 fully saturated rings. The number of aromatic nitrogens is 2. The molecule has 0 saturated carbocycles. The molecule has 0 amide bonds. The van der Waals surface area contributed by atoms with E-state index in [1.807, 2.05) is 66.7 Å². The number of nitrogens with zero attached hydrogens (tertiary/aromatic N) is 4. The number of thioether (sulfide) groups is 1. The van der Waals surface area contributed by atoms with E-state index in [1.54, 1.807) is 13.3 Å². The zero-order chi connectivity index (χ0) is 16.9. The first kappa shape index (κ1) is 16.3. The van der Waals surface area contributed by atoms with Crippen LogP contribution in [0.2, 0.25) is 0 Å². The van der Waals surface area contributed by atoms with Gasteiger partial charge in [0.15, 0.2) is 11.0 Å². The van der Waals surface area contributed by atoms with E-state index in [4.69, 9.17) is 9.72 Å². The van der Waals surface area contributed by atoms with Crippen LogP contribution >= 0.6 is 11.8 Å². The van der Waals surface area contributed by atoms with E-state index in [-0.39, 0.29) is 0 Å². The fourth-order valence-corrected chi connectivity index (χ4v) is 2.74. The quantitative estimate of drug-likeness (QED) is 0.297. The van der Waals surface area contributed by atoms with Crippen molar-refractivity contribution in [2.75, 3.05) is 18.4 Å². The van der Waals surface area contributed by atoms with Gasteiger partial charge in [0.2, 0.25) is 0 Å². The lowest BCUT2D eigenvalue weighted by molar-refractivity contribution is 0.415. The summed E-state index contributed by atoms with van der Waals surface area (Å²) in [5, 5.41) is 8.01. The van der Waals surface area contributed by atoms with Gasteiger partial charge >= 0.3 is 0 Å². The number of para-hydroxylation sites is 1. The Labute approximate surface area is 145 Å². The molecule has 0 aliphatic heterocycles. The summed E-state index contributed by atoms with van der Waals surface area (Å²) in [6.45, 7) is 1.88. The van der Waals surface area contributed by atoms with Crippen LogP contribution in [0.15, 0.2) is 58.8 Å². The zero-order valence-corrected chi connectivity index (χ0v) is 14.6. The Morgan fingerprint density at radius 2 is 1.83 bits per heavy atom. The van der Waals surface area contributed by atoms with E-state index in [2.05, 4.69) is 10.1 Å². The second kappa shape index (κ2) is 7.31. The third kappa shape index (κ3) is 3.19. The van der Waals surface area contributed by atoms with Gasteiger partial charge in [-0.25, -0.2) is 15.0 Å². The van der Waals surface area contributed by atoms with Gasteiger partial charge in [-0.15, -0.1) is 0 Å². The number of anilines is 2. The summed E-state index contributed by atoms with van der Waals surface area (Å²) < 4.78 is 5.24. The third-order valence-electron chi connectivity index (χ3n) is 3.49. The second-order valence-corrected chi connectivity index (χ2v) is 5.71. The lowest BCUT2D eigenvalue weighted by Gasteiger charge is -2.20. The SMILES string of the molecule is CC=NN(c1ccc(OC)cc1)c1nc(SC)nc2ccccc12. The monoisotopic (exact) mass is 338 g/mol. The van der Waals surface area contributed by atoms with Crippen molar-refractivity contribution in [3.63, 3.8) is 0 Å². The van der Waals surface area contributed by atoms with Crippen molar-refractivity contribution in [2.45, 2.75) is 12.1 Å². The van der Waals surface area contributed by atoms with Crippen molar-refractivity contribution in [1.82, 2.24) is 9.97 Å². The predicted octanol–water partition coefficient (Wildman–Crippen LogP) is 4.50. The van der Waals surface area contributed by atoms with Crippen molar-refractivity contribution in [2.24, 2.45) is 5.10 Å². The summed E-state index contributed by atoms with van der Waals surface area (Å²) in [5.41, 5.74) is 1.81. The number of ether oxygens (including phenoxy) is 1. The van der Waals surface area contributed by atoms with Crippen LogP contribution in [0.4, 0.5) is 11.5 Å². The van der Waals surface area contributed by atoms with E-state index in [0.29, 0.717) is 5.16 Å². The van der Waals surface area contributed by atoms with Gasteiger partial charge in [-0.3, -0.25) is 0 Å². The smallest absolute Gasteiger partial charge is 0.189 e. The van der Waals surface area contributed by atoms with E-state index in [0.717, 1.165) is 28.2 Å². The summed E-state index contributed by atoms with van der Waals surface area (Å²) >= 11 is 1.51. The Morgan fingerprint density at radius 1 is 1.08 bits per heavy atom. The molecule has 3 rings (SSSR count). The van der Waals surface area contributed by atoms with Gasteiger partial charge in [0.05, 0.1) is 18.3 Å². The molecule has 0 N–H and O–H groups in total. The third-order valence-corrected chi connectivity index (χ3v) is 4.04. The Morgan fingerprint density at radius 3 is 2.50 bits per heavy atom. The van der Waals surface area contributed by atoms with Crippen molar-refractivity contribution in [1.29, 1.82) is 0 Å². The number of methoxy groups -OCH3 is 1. The highest BCUT2D eigenvalue weighted by Gasteiger charge is 2.15. The number of hydrogen-bond donors (Lipinski definition) is 0. The van der Waals surface area contributed by atoms with E-state index in [1.165, 1.54) is 11.8 Å². The van der Waals surface area contributed by atoms with Crippen LogP contribution in [-0.2, 0) is 0 Å². The Hall–Kier alpha value is -2.60. The van der Waals surface area contributed by atoms with Gasteiger partial charge in [-0.05, 0) is 49.6 Å². The van der Waals surface area contributed by atoms with Gasteiger partial charge in [-0.1, -0.05) is 23.9 Å². The fraction of sp³-hybridized carbons (Fsp3) is 0.167. The maximum Gasteiger partial charge on any atom is 0.189 e. The van der Waals surface area contributed by atoms with Gasteiger partial charge in [0.1, 0.15) is 5.75 Å². The summed E-state index contributed by atoms with van der Waals surface area (Å²) in [6.07, 6.45) is 3.72. The van der Waals surface area contributed by atoms with Crippen LogP contribution in [-0.4, -0.2) is 29.5 Å². The minimum atomic E-state index is 0.716. The molecule has 0 aliphatic carbocycles. The lowest BCUT2D eigenvalue weighted by atomic mass is 10.2. The van der Waals surface area contributed by atoms with Crippen LogP contribution in [0.3, 0.4) is 0 Å². The number of hydrazone groups is 1. The van der Waals surface area contributed by atoms with Crippen molar-refractivity contribution < 1.29 is 4.74 Å². The lowest BCUT2D eigenvalue weighted by Crippen LogP contribution is -2.12. The highest BCUT2D eigenvalue weighted by Crippen LogP contribution is 2.32. The van der Waals surface area contributed by atoms with E-state index < -0.39 is 0 Å². The summed E-state index contributed by atoms with van der Waals surface area (Å²) in [6, 6.07) is 15.7. The molecule has 0 aliphatic rings. The number of rotatable bonds is 5. The van der Waals surface area contributed by atoms with Crippen LogP contribution in [0, 0.1) is 0 Å². The molecular formula is C18H18N4OS. The molecule has 24 heavy (non-hydrogen) atoms. The highest BCUT2D eigenvalue weighted by atomic mass is 32.2. The number of benzene rings is 2. The molecule has 0 spiro atoms. The van der Waals surface area contributed by atoms with Crippen LogP contribution in [0.5, 0.6) is 5.75 Å². The molecule has 1 heterocycles. The van der Waals surface area contributed by atoms with Crippen LogP contribution < -0.4 is 9.75 Å². The van der Waals surface area contributed by atoms with Gasteiger partial charge in [0, 0.05) is 11.6 Å². The second-order valence-electron chi connectivity index (χ2n) is 4.93. The normalized spacial score (nSPS) is 11.1. The first-order chi connectivity index (χ1) is 11.8. The maximum absolute atomic E-state index is 5.24. The Kier molecular flexibility index (Phi) is 4.96. The average Bonchev–Trinajstić information content (AvgIpc) is 2.65. The first-order valence-corrected chi connectivity index (χ1v) is 8.73. The molecule has 0 saturated heterocycles. The molecule has 3 aromatic rings. The average molecular weight is 338 g/mol. The van der Waals surface area contributed by atoms with Gasteiger partial charge in [-0.2, -0.15) is 5.10 Å². The zero-order valence-electron chi connectivity index (χ0n) is 13.8. The van der Waals surface area contributed by atoms with Gasteiger partial charge < -0.3 is 4.74 Å². The Balaban J connectivity index is 2.19. The van der Waals surface area contributed by atoms with Crippen molar-refractivity contribution in [3.05, 3.63) is 48.5 Å².